The third-order valence-electron chi connectivity index (χ3n) is 5.89. The Balaban J connectivity index is 2.19. The molecular formula is C27H32ClFN6O2. The van der Waals surface area contributed by atoms with Gasteiger partial charge in [0, 0.05) is 29.8 Å². The van der Waals surface area contributed by atoms with E-state index in [1.807, 2.05) is 61.9 Å². The summed E-state index contributed by atoms with van der Waals surface area (Å²) in [5.41, 5.74) is 10.3. The van der Waals surface area contributed by atoms with Crippen LogP contribution in [0.3, 0.4) is 0 Å². The van der Waals surface area contributed by atoms with Crippen molar-refractivity contribution in [3.63, 3.8) is 0 Å². The molecule has 2 aromatic carbocycles. The zero-order chi connectivity index (χ0) is 27.2. The zero-order valence-corrected chi connectivity index (χ0v) is 22.2. The average Bonchev–Trinajstić information content (AvgIpc) is 3.24. The van der Waals surface area contributed by atoms with Gasteiger partial charge in [0.05, 0.1) is 24.4 Å². The number of carbonyl (C=O) groups is 1. The Morgan fingerprint density at radius 1 is 1.24 bits per heavy atom. The first-order chi connectivity index (χ1) is 17.5. The molecule has 3 rings (SSSR count). The summed E-state index contributed by atoms with van der Waals surface area (Å²) < 4.78 is 16.0. The van der Waals surface area contributed by atoms with Crippen molar-refractivity contribution < 1.29 is 14.3 Å². The molecule has 0 saturated heterocycles. The molecule has 0 bridgehead atoms. The second kappa shape index (κ2) is 12.2. The molecule has 196 valence electrons. The smallest absolute Gasteiger partial charge is 0.241 e. The summed E-state index contributed by atoms with van der Waals surface area (Å²) in [5, 5.41) is 13.2. The van der Waals surface area contributed by atoms with Crippen LogP contribution in [0.5, 0.6) is 0 Å². The number of amides is 1. The number of aliphatic hydroxyl groups excluding tert-OH is 1. The summed E-state index contributed by atoms with van der Waals surface area (Å²) in [5.74, 6) is -0.196. The molecule has 1 aromatic heterocycles. The van der Waals surface area contributed by atoms with E-state index < -0.39 is 22.9 Å². The lowest BCUT2D eigenvalue weighted by Gasteiger charge is -2.41. The van der Waals surface area contributed by atoms with E-state index in [4.69, 9.17) is 22.1 Å². The first kappa shape index (κ1) is 28.2. The average molecular weight is 527 g/mol. The Morgan fingerprint density at radius 3 is 2.54 bits per heavy atom. The summed E-state index contributed by atoms with van der Waals surface area (Å²) in [6, 6.07) is 15.4. The van der Waals surface area contributed by atoms with Crippen molar-refractivity contribution in [2.45, 2.75) is 51.8 Å². The van der Waals surface area contributed by atoms with Crippen LogP contribution < -0.4 is 0 Å². The van der Waals surface area contributed by atoms with Crippen molar-refractivity contribution in [1.29, 1.82) is 0 Å². The second-order valence-electron chi connectivity index (χ2n) is 10.1. The van der Waals surface area contributed by atoms with Gasteiger partial charge in [-0.25, -0.2) is 9.37 Å². The van der Waals surface area contributed by atoms with Gasteiger partial charge in [-0.1, -0.05) is 68.4 Å². The number of carbonyl (C=O) groups excluding carboxylic acids is 1. The Morgan fingerprint density at radius 2 is 1.95 bits per heavy atom. The molecule has 0 aliphatic rings. The molecule has 1 amide bonds. The van der Waals surface area contributed by atoms with Crippen LogP contribution in [0.2, 0.25) is 0 Å². The van der Waals surface area contributed by atoms with E-state index in [0.717, 1.165) is 5.56 Å². The maximum atomic E-state index is 14.1. The van der Waals surface area contributed by atoms with Crippen LogP contribution in [0, 0.1) is 11.2 Å². The number of aliphatic hydroxyl groups is 1. The third kappa shape index (κ3) is 7.32. The minimum absolute atomic E-state index is 0.107. The standard InChI is InChI=1S/C27H32ClFN6O2/c1-18(28)26(37)35(16-22(36)14-31-33-30)24(27(2,3)4)25-32-23(20-11-8-12-21(29)13-20)17-34(25)15-19-9-6-5-7-10-19/h5-13,17-18,22,24,36H,14-16H2,1-4H3/t18?,22-,24+/m1/s1. The SMILES string of the molecule is CC(Cl)C(=O)N(C[C@H](O)CN=[N+]=[N-])[C@@H](c1nc(-c2cccc(F)c2)cn1Cc1ccccc1)C(C)(C)C. The summed E-state index contributed by atoms with van der Waals surface area (Å²) in [6.07, 6.45) is 0.749. The first-order valence-electron chi connectivity index (χ1n) is 12.0. The molecule has 8 nitrogen and oxygen atoms in total. The van der Waals surface area contributed by atoms with E-state index in [9.17, 15) is 14.3 Å². The van der Waals surface area contributed by atoms with Gasteiger partial charge in [-0.2, -0.15) is 0 Å². The lowest BCUT2D eigenvalue weighted by atomic mass is 9.84. The van der Waals surface area contributed by atoms with E-state index >= 15 is 0 Å². The predicted octanol–water partition coefficient (Wildman–Crippen LogP) is 5.95. The predicted molar refractivity (Wildman–Crippen MR) is 142 cm³/mol. The van der Waals surface area contributed by atoms with E-state index in [2.05, 4.69) is 10.0 Å². The van der Waals surface area contributed by atoms with Gasteiger partial charge in [-0.3, -0.25) is 4.79 Å². The maximum Gasteiger partial charge on any atom is 0.241 e. The molecular weight excluding hydrogens is 495 g/mol. The van der Waals surface area contributed by atoms with Crippen LogP contribution in [0.25, 0.3) is 21.7 Å². The van der Waals surface area contributed by atoms with Crippen molar-refractivity contribution in [1.82, 2.24) is 14.5 Å². The van der Waals surface area contributed by atoms with Crippen LogP contribution in [0.1, 0.15) is 45.1 Å². The number of nitrogens with zero attached hydrogens (tertiary/aromatic N) is 6. The Labute approximate surface area is 221 Å². The fraction of sp³-hybridized carbons (Fsp3) is 0.407. The number of azide groups is 1. The Bertz CT molecular complexity index is 1250. The highest BCUT2D eigenvalue weighted by Gasteiger charge is 2.40. The molecule has 0 saturated carbocycles. The number of rotatable bonds is 10. The maximum absolute atomic E-state index is 14.1. The lowest BCUT2D eigenvalue weighted by Crippen LogP contribution is -2.48. The summed E-state index contributed by atoms with van der Waals surface area (Å²) in [6.45, 7) is 7.65. The topological polar surface area (TPSA) is 107 Å². The van der Waals surface area contributed by atoms with Crippen LogP contribution >= 0.6 is 11.6 Å². The molecule has 10 heteroatoms. The van der Waals surface area contributed by atoms with Crippen LogP contribution in [-0.2, 0) is 11.3 Å². The third-order valence-corrected chi connectivity index (χ3v) is 6.07. The number of imidazole rings is 1. The van der Waals surface area contributed by atoms with Gasteiger partial charge >= 0.3 is 0 Å². The van der Waals surface area contributed by atoms with Crippen molar-refractivity contribution >= 4 is 17.5 Å². The van der Waals surface area contributed by atoms with Crippen LogP contribution in [0.4, 0.5) is 4.39 Å². The van der Waals surface area contributed by atoms with Crippen molar-refractivity contribution in [3.05, 3.63) is 88.4 Å². The summed E-state index contributed by atoms with van der Waals surface area (Å²) in [7, 11) is 0. The fourth-order valence-corrected chi connectivity index (χ4v) is 4.43. The summed E-state index contributed by atoms with van der Waals surface area (Å²) in [4.78, 5) is 22.5. The molecule has 0 radical (unpaired) electrons. The molecule has 0 fully saturated rings. The Kier molecular flexibility index (Phi) is 9.32. The molecule has 3 atom stereocenters. The van der Waals surface area contributed by atoms with Crippen molar-refractivity contribution in [3.8, 4) is 11.3 Å². The lowest BCUT2D eigenvalue weighted by molar-refractivity contribution is -0.137. The van der Waals surface area contributed by atoms with Crippen molar-refractivity contribution in [2.75, 3.05) is 13.1 Å². The highest BCUT2D eigenvalue weighted by atomic mass is 35.5. The fourth-order valence-electron chi connectivity index (χ4n) is 4.30. The number of aromatic nitrogens is 2. The van der Waals surface area contributed by atoms with Gasteiger partial charge in [0.1, 0.15) is 17.0 Å². The van der Waals surface area contributed by atoms with Gasteiger partial charge in [0.2, 0.25) is 5.91 Å². The molecule has 1 heterocycles. The van der Waals surface area contributed by atoms with E-state index in [1.54, 1.807) is 19.1 Å². The monoisotopic (exact) mass is 526 g/mol. The molecule has 1 N–H and O–H groups in total. The molecule has 1 unspecified atom stereocenters. The van der Waals surface area contributed by atoms with Crippen LogP contribution in [0.15, 0.2) is 65.9 Å². The van der Waals surface area contributed by atoms with Gasteiger partial charge < -0.3 is 14.6 Å². The minimum atomic E-state index is -1.10. The van der Waals surface area contributed by atoms with Gasteiger partial charge in [-0.05, 0) is 35.6 Å². The van der Waals surface area contributed by atoms with E-state index in [0.29, 0.717) is 23.6 Å². The number of benzene rings is 2. The molecule has 0 aliphatic heterocycles. The number of halogens is 2. The number of hydrogen-bond donors (Lipinski definition) is 1. The molecule has 3 aromatic rings. The molecule has 0 spiro atoms. The highest BCUT2D eigenvalue weighted by Crippen LogP contribution is 2.39. The Hall–Kier alpha value is -3.39. The van der Waals surface area contributed by atoms with Crippen LogP contribution in [-0.4, -0.2) is 50.0 Å². The second-order valence-corrected chi connectivity index (χ2v) is 10.7. The van der Waals surface area contributed by atoms with E-state index in [-0.39, 0.29) is 24.8 Å². The minimum Gasteiger partial charge on any atom is -0.391 e. The molecule has 37 heavy (non-hydrogen) atoms. The van der Waals surface area contributed by atoms with Gasteiger partial charge in [0.15, 0.2) is 0 Å². The normalized spacial score (nSPS) is 13.9. The van der Waals surface area contributed by atoms with Gasteiger partial charge in [0.25, 0.3) is 0 Å². The number of hydrogen-bond acceptors (Lipinski definition) is 4. The zero-order valence-electron chi connectivity index (χ0n) is 21.4. The largest absolute Gasteiger partial charge is 0.391 e. The number of alkyl halides is 1. The van der Waals surface area contributed by atoms with E-state index in [1.165, 1.54) is 17.0 Å². The van der Waals surface area contributed by atoms with Crippen molar-refractivity contribution in [2.24, 2.45) is 10.5 Å². The molecule has 0 aliphatic carbocycles. The first-order valence-corrected chi connectivity index (χ1v) is 12.4. The summed E-state index contributed by atoms with van der Waals surface area (Å²) >= 11 is 6.26. The van der Waals surface area contributed by atoms with Gasteiger partial charge in [-0.15, -0.1) is 11.6 Å². The highest BCUT2D eigenvalue weighted by molar-refractivity contribution is 6.30. The quantitative estimate of drug-likeness (QED) is 0.152.